The van der Waals surface area contributed by atoms with Crippen LogP contribution in [0.2, 0.25) is 0 Å². The van der Waals surface area contributed by atoms with Gasteiger partial charge in [0.2, 0.25) is 0 Å². The molecule has 1 aromatic rings. The van der Waals surface area contributed by atoms with Crippen molar-refractivity contribution in [2.45, 2.75) is 32.6 Å². The molecule has 2 aliphatic rings. The Morgan fingerprint density at radius 2 is 2.05 bits per heavy atom. The van der Waals surface area contributed by atoms with Crippen LogP contribution in [0.5, 0.6) is 0 Å². The van der Waals surface area contributed by atoms with Gasteiger partial charge in [0.1, 0.15) is 5.82 Å². The molecule has 5 heteroatoms. The van der Waals surface area contributed by atoms with Crippen LogP contribution in [0.15, 0.2) is 12.4 Å². The molecule has 0 bridgehead atoms. The second-order valence-electron chi connectivity index (χ2n) is 5.72. The van der Waals surface area contributed by atoms with Crippen molar-refractivity contribution in [1.82, 2.24) is 14.9 Å². The van der Waals surface area contributed by atoms with Crippen LogP contribution in [0.3, 0.4) is 0 Å². The number of carbonyl (C=O) groups excluding carboxylic acids is 1. The topological polar surface area (TPSA) is 55.3 Å². The van der Waals surface area contributed by atoms with Gasteiger partial charge >= 0.3 is 6.09 Å². The Bertz CT molecular complexity index is 472. The number of hydrogen-bond donors (Lipinski definition) is 0. The monoisotopic (exact) mass is 261 g/mol. The number of aryl methyl sites for hydroxylation is 1. The maximum absolute atomic E-state index is 11.5. The molecule has 3 rings (SSSR count). The molecule has 0 radical (unpaired) electrons. The summed E-state index contributed by atoms with van der Waals surface area (Å²) >= 11 is 0. The lowest BCUT2D eigenvalue weighted by Crippen LogP contribution is -2.63. The van der Waals surface area contributed by atoms with Crippen molar-refractivity contribution in [3.63, 3.8) is 0 Å². The number of aromatic nitrogens is 2. The molecule has 2 fully saturated rings. The lowest BCUT2D eigenvalue weighted by molar-refractivity contribution is -0.0641. The Morgan fingerprint density at radius 3 is 2.63 bits per heavy atom. The minimum absolute atomic E-state index is 0.171. The van der Waals surface area contributed by atoms with Gasteiger partial charge < -0.3 is 9.64 Å². The maximum Gasteiger partial charge on any atom is 0.409 e. The molecule has 19 heavy (non-hydrogen) atoms. The van der Waals surface area contributed by atoms with Crippen molar-refractivity contribution in [2.75, 3.05) is 19.7 Å². The van der Waals surface area contributed by atoms with Crippen LogP contribution < -0.4 is 0 Å². The first-order valence-electron chi connectivity index (χ1n) is 6.82. The predicted octanol–water partition coefficient (Wildman–Crippen LogP) is 2.12. The van der Waals surface area contributed by atoms with E-state index in [-0.39, 0.29) is 6.09 Å². The molecule has 5 nitrogen and oxygen atoms in total. The number of ether oxygens (including phenoxy) is 1. The Kier molecular flexibility index (Phi) is 2.92. The van der Waals surface area contributed by atoms with Crippen LogP contribution in [0.4, 0.5) is 4.79 Å². The van der Waals surface area contributed by atoms with Gasteiger partial charge in [0.05, 0.1) is 6.61 Å². The molecule has 1 saturated heterocycles. The van der Waals surface area contributed by atoms with Gasteiger partial charge in [-0.1, -0.05) is 0 Å². The van der Waals surface area contributed by atoms with Gasteiger partial charge in [0.25, 0.3) is 0 Å². The van der Waals surface area contributed by atoms with Crippen molar-refractivity contribution < 1.29 is 9.53 Å². The molecule has 1 aromatic heterocycles. The third kappa shape index (κ3) is 2.17. The Labute approximate surface area is 113 Å². The molecule has 1 spiro atoms. The van der Waals surface area contributed by atoms with E-state index in [0.29, 0.717) is 17.9 Å². The molecular weight excluding hydrogens is 242 g/mol. The van der Waals surface area contributed by atoms with Crippen molar-refractivity contribution >= 4 is 6.09 Å². The van der Waals surface area contributed by atoms with Crippen LogP contribution in [-0.2, 0) is 4.74 Å². The fourth-order valence-electron chi connectivity index (χ4n) is 3.20. The zero-order valence-corrected chi connectivity index (χ0v) is 11.4. The summed E-state index contributed by atoms with van der Waals surface area (Å²) in [4.78, 5) is 21.8. The molecule has 0 aromatic carbocycles. The van der Waals surface area contributed by atoms with Gasteiger partial charge in [0, 0.05) is 30.9 Å². The molecular formula is C14H19N3O2. The summed E-state index contributed by atoms with van der Waals surface area (Å²) in [6.07, 6.45) is 5.96. The van der Waals surface area contributed by atoms with Crippen molar-refractivity contribution in [1.29, 1.82) is 0 Å². The first-order chi connectivity index (χ1) is 9.12. The van der Waals surface area contributed by atoms with Crippen molar-refractivity contribution in [3.8, 4) is 0 Å². The summed E-state index contributed by atoms with van der Waals surface area (Å²) in [7, 11) is 0. The highest BCUT2D eigenvalue weighted by atomic mass is 16.6. The van der Waals surface area contributed by atoms with E-state index in [1.54, 1.807) is 4.90 Å². The van der Waals surface area contributed by atoms with Gasteiger partial charge in [-0.3, -0.25) is 0 Å². The molecule has 1 aliphatic heterocycles. The lowest BCUT2D eigenvalue weighted by Gasteiger charge is -2.58. The Hall–Kier alpha value is -1.65. The summed E-state index contributed by atoms with van der Waals surface area (Å²) in [6.45, 7) is 5.87. The highest BCUT2D eigenvalue weighted by molar-refractivity contribution is 5.69. The highest BCUT2D eigenvalue weighted by Crippen LogP contribution is 2.55. The number of rotatable bonds is 2. The second kappa shape index (κ2) is 4.47. The maximum atomic E-state index is 11.5. The zero-order chi connectivity index (χ0) is 13.5. The second-order valence-corrected chi connectivity index (χ2v) is 5.72. The molecule has 2 heterocycles. The number of likely N-dealkylation sites (tertiary alicyclic amines) is 1. The summed E-state index contributed by atoms with van der Waals surface area (Å²) in [5.41, 5.74) is 1.56. The molecule has 1 saturated carbocycles. The van der Waals surface area contributed by atoms with Gasteiger partial charge in [-0.25, -0.2) is 14.8 Å². The molecule has 0 unspecified atom stereocenters. The first-order valence-corrected chi connectivity index (χ1v) is 6.82. The molecule has 1 aliphatic carbocycles. The Balaban J connectivity index is 1.51. The van der Waals surface area contributed by atoms with Gasteiger partial charge in [0.15, 0.2) is 0 Å². The summed E-state index contributed by atoms with van der Waals surface area (Å²) < 4.78 is 5.00. The van der Waals surface area contributed by atoms with E-state index in [4.69, 9.17) is 4.74 Å². The average molecular weight is 261 g/mol. The minimum atomic E-state index is -0.171. The highest BCUT2D eigenvalue weighted by Gasteiger charge is 2.54. The number of carbonyl (C=O) groups is 1. The van der Waals surface area contributed by atoms with E-state index in [9.17, 15) is 4.79 Å². The van der Waals surface area contributed by atoms with Crippen LogP contribution in [0, 0.1) is 12.3 Å². The summed E-state index contributed by atoms with van der Waals surface area (Å²) in [5.74, 6) is 1.37. The summed E-state index contributed by atoms with van der Waals surface area (Å²) in [5, 5.41) is 0. The van der Waals surface area contributed by atoms with E-state index >= 15 is 0 Å². The average Bonchev–Trinajstić information content (AvgIpc) is 2.28. The van der Waals surface area contributed by atoms with E-state index in [0.717, 1.165) is 31.8 Å². The summed E-state index contributed by atoms with van der Waals surface area (Å²) in [6, 6.07) is 0. The predicted molar refractivity (Wildman–Crippen MR) is 69.8 cm³/mol. The Morgan fingerprint density at radius 1 is 1.42 bits per heavy atom. The van der Waals surface area contributed by atoms with Crippen molar-refractivity contribution in [3.05, 3.63) is 23.8 Å². The normalized spacial score (nSPS) is 20.8. The lowest BCUT2D eigenvalue weighted by atomic mass is 9.56. The standard InChI is InChI=1S/C14H19N3O2/c1-3-19-13(18)17-8-14(9-17)4-11(5-14)12-6-15-10(2)16-7-12/h6-7,11H,3-5,8-9H2,1-2H3. The van der Waals surface area contributed by atoms with Gasteiger partial charge in [-0.2, -0.15) is 0 Å². The van der Waals surface area contributed by atoms with E-state index in [2.05, 4.69) is 9.97 Å². The molecule has 0 N–H and O–H groups in total. The molecule has 1 amide bonds. The van der Waals surface area contributed by atoms with Crippen LogP contribution in [-0.4, -0.2) is 40.7 Å². The smallest absolute Gasteiger partial charge is 0.409 e. The number of hydrogen-bond acceptors (Lipinski definition) is 4. The zero-order valence-electron chi connectivity index (χ0n) is 11.4. The van der Waals surface area contributed by atoms with Gasteiger partial charge in [-0.05, 0) is 38.2 Å². The number of amides is 1. The van der Waals surface area contributed by atoms with Crippen LogP contribution >= 0.6 is 0 Å². The fourth-order valence-corrected chi connectivity index (χ4v) is 3.20. The van der Waals surface area contributed by atoms with Crippen molar-refractivity contribution in [2.24, 2.45) is 5.41 Å². The SMILES string of the molecule is CCOC(=O)N1CC2(CC(c3cnc(C)nc3)C2)C1. The third-order valence-corrected chi connectivity index (χ3v) is 4.21. The molecule has 0 atom stereocenters. The van der Waals surface area contributed by atoms with E-state index in [1.807, 2.05) is 26.2 Å². The van der Waals surface area contributed by atoms with Crippen LogP contribution in [0.1, 0.15) is 37.1 Å². The largest absolute Gasteiger partial charge is 0.450 e. The van der Waals surface area contributed by atoms with E-state index < -0.39 is 0 Å². The third-order valence-electron chi connectivity index (χ3n) is 4.21. The van der Waals surface area contributed by atoms with Crippen LogP contribution in [0.25, 0.3) is 0 Å². The minimum Gasteiger partial charge on any atom is -0.450 e. The first kappa shape index (κ1) is 12.4. The quantitative estimate of drug-likeness (QED) is 0.818. The number of nitrogens with zero attached hydrogens (tertiary/aromatic N) is 3. The molecule has 102 valence electrons. The van der Waals surface area contributed by atoms with E-state index in [1.165, 1.54) is 5.56 Å². The fraction of sp³-hybridized carbons (Fsp3) is 0.643. The van der Waals surface area contributed by atoms with Gasteiger partial charge in [-0.15, -0.1) is 0 Å².